The van der Waals surface area contributed by atoms with Crippen LogP contribution in [0.25, 0.3) is 32.1 Å². The molecule has 0 aliphatic heterocycles. The Morgan fingerprint density at radius 2 is 1.88 bits per heavy atom. The van der Waals surface area contributed by atoms with Gasteiger partial charge in [-0.3, -0.25) is 4.79 Å². The number of rotatable bonds is 3. The number of nitrogens with one attached hydrogen (secondary N) is 1. The van der Waals surface area contributed by atoms with Gasteiger partial charge in [-0.1, -0.05) is 31.2 Å². The third-order valence-electron chi connectivity index (χ3n) is 4.64. The molecule has 0 amide bonds. The van der Waals surface area contributed by atoms with Crippen molar-refractivity contribution in [3.63, 3.8) is 0 Å². The number of phenols is 1. The maximum absolute atomic E-state index is 12.2. The summed E-state index contributed by atoms with van der Waals surface area (Å²) >= 11 is 1.41. The summed E-state index contributed by atoms with van der Waals surface area (Å²) in [4.78, 5) is 15.1. The number of benzene rings is 2. The van der Waals surface area contributed by atoms with Crippen LogP contribution in [0.5, 0.6) is 5.75 Å². The molecule has 0 aliphatic rings. The summed E-state index contributed by atoms with van der Waals surface area (Å²) in [7, 11) is 0. The molecule has 6 heteroatoms. The smallest absolute Gasteiger partial charge is 0.266 e. The van der Waals surface area contributed by atoms with Crippen molar-refractivity contribution >= 4 is 44.7 Å². The summed E-state index contributed by atoms with van der Waals surface area (Å²) in [6, 6.07) is 13.3. The van der Waals surface area contributed by atoms with Crippen molar-refractivity contribution in [1.82, 2.24) is 4.98 Å². The summed E-state index contributed by atoms with van der Waals surface area (Å²) in [5.74, 6) is 0.194. The lowest BCUT2D eigenvalue weighted by atomic mass is 9.95. The molecule has 2 aromatic carbocycles. The first kappa shape index (κ1) is 18.5. The van der Waals surface area contributed by atoms with Crippen molar-refractivity contribution in [3.8, 4) is 16.9 Å². The van der Waals surface area contributed by atoms with Gasteiger partial charge in [0.2, 0.25) is 0 Å². The maximum Gasteiger partial charge on any atom is 0.266 e. The molecule has 1 atom stereocenters. The van der Waals surface area contributed by atoms with E-state index in [1.807, 2.05) is 35.7 Å². The highest BCUT2D eigenvalue weighted by Crippen LogP contribution is 2.39. The number of hydrogen-bond acceptors (Lipinski definition) is 4. The number of thiophene rings is 1. The average molecular weight is 387 g/mol. The fourth-order valence-corrected chi connectivity index (χ4v) is 4.06. The molecule has 0 bridgehead atoms. The molecular weight excluding hydrogens is 368 g/mol. The zero-order valence-electron chi connectivity index (χ0n) is 14.2. The predicted molar refractivity (Wildman–Crippen MR) is 112 cm³/mol. The van der Waals surface area contributed by atoms with Crippen molar-refractivity contribution < 1.29 is 5.11 Å². The van der Waals surface area contributed by atoms with Crippen molar-refractivity contribution in [1.29, 1.82) is 0 Å². The molecule has 4 N–H and O–H groups in total. The minimum atomic E-state index is -0.0987. The molecule has 0 aliphatic carbocycles. The lowest BCUT2D eigenvalue weighted by Gasteiger charge is -2.13. The van der Waals surface area contributed by atoms with Crippen LogP contribution in [0.4, 0.5) is 0 Å². The maximum atomic E-state index is 12.2. The monoisotopic (exact) mass is 386 g/mol. The van der Waals surface area contributed by atoms with Crippen molar-refractivity contribution in [2.75, 3.05) is 0 Å². The number of aromatic nitrogens is 1. The molecule has 26 heavy (non-hydrogen) atoms. The number of H-pyrrole nitrogens is 1. The molecule has 4 aromatic rings. The summed E-state index contributed by atoms with van der Waals surface area (Å²) < 4.78 is 0.670. The quantitative estimate of drug-likeness (QED) is 0.466. The molecule has 0 unspecified atom stereocenters. The molecule has 4 rings (SSSR count). The van der Waals surface area contributed by atoms with Gasteiger partial charge in [0.25, 0.3) is 5.56 Å². The van der Waals surface area contributed by atoms with Crippen LogP contribution in [0.2, 0.25) is 0 Å². The largest absolute Gasteiger partial charge is 0.507 e. The topological polar surface area (TPSA) is 79.1 Å². The Labute approximate surface area is 160 Å². The number of phenolic OH excluding ortho intramolecular Hbond substituents is 1. The van der Waals surface area contributed by atoms with Crippen LogP contribution in [-0.4, -0.2) is 10.1 Å². The fraction of sp³-hybridized carbons (Fsp3) is 0.150. The number of halogens is 1. The van der Waals surface area contributed by atoms with E-state index in [0.29, 0.717) is 4.70 Å². The van der Waals surface area contributed by atoms with Crippen LogP contribution in [0, 0.1) is 0 Å². The Morgan fingerprint density at radius 3 is 2.58 bits per heavy atom. The van der Waals surface area contributed by atoms with Crippen molar-refractivity contribution in [2.45, 2.75) is 19.4 Å². The highest BCUT2D eigenvalue weighted by Gasteiger charge is 2.15. The van der Waals surface area contributed by atoms with Crippen LogP contribution in [-0.2, 0) is 0 Å². The Morgan fingerprint density at radius 1 is 1.15 bits per heavy atom. The minimum absolute atomic E-state index is 0. The Bertz CT molecular complexity index is 1130. The number of aromatic amines is 1. The third-order valence-corrected chi connectivity index (χ3v) is 5.55. The first-order valence-electron chi connectivity index (χ1n) is 8.21. The first-order chi connectivity index (χ1) is 12.1. The van der Waals surface area contributed by atoms with Crippen LogP contribution in [0.15, 0.2) is 52.6 Å². The SMILES string of the molecule is CC[C@@H](N)c1ccc(-c2c(O)ccc3[nH]c(=O)c4sccc4c23)cc1.Cl. The highest BCUT2D eigenvalue weighted by atomic mass is 35.5. The van der Waals surface area contributed by atoms with E-state index in [-0.39, 0.29) is 29.8 Å². The van der Waals surface area contributed by atoms with Crippen molar-refractivity contribution in [2.24, 2.45) is 5.73 Å². The van der Waals surface area contributed by atoms with Gasteiger partial charge < -0.3 is 15.8 Å². The molecular formula is C20H19ClN2O2S. The molecule has 0 spiro atoms. The van der Waals surface area contributed by atoms with E-state index < -0.39 is 0 Å². The second-order valence-electron chi connectivity index (χ2n) is 6.14. The van der Waals surface area contributed by atoms with E-state index in [4.69, 9.17) is 5.73 Å². The van der Waals surface area contributed by atoms with E-state index in [1.54, 1.807) is 12.1 Å². The number of nitrogens with two attached hydrogens (primary N) is 1. The number of hydrogen-bond donors (Lipinski definition) is 3. The Balaban J connectivity index is 0.00000196. The van der Waals surface area contributed by atoms with Gasteiger partial charge >= 0.3 is 0 Å². The van der Waals surface area contributed by atoms with Gasteiger partial charge in [0.1, 0.15) is 10.4 Å². The lowest BCUT2D eigenvalue weighted by Crippen LogP contribution is -2.08. The van der Waals surface area contributed by atoms with Gasteiger partial charge in [0.05, 0.1) is 0 Å². The van der Waals surface area contributed by atoms with Crippen LogP contribution in [0.3, 0.4) is 0 Å². The number of pyridine rings is 1. The van der Waals surface area contributed by atoms with Gasteiger partial charge in [-0.05, 0) is 41.1 Å². The van der Waals surface area contributed by atoms with E-state index in [1.165, 1.54) is 11.3 Å². The standard InChI is InChI=1S/C20H18N2O2S.ClH/c1-2-14(21)11-3-5-12(6-4-11)17-16(23)8-7-15-18(17)13-9-10-25-19(13)20(24)22-15;/h3-10,14,23H,2,21H2,1H3,(H,22,24);1H/t14-;/m1./s1. The second kappa shape index (κ2) is 7.11. The second-order valence-corrected chi connectivity index (χ2v) is 7.05. The molecule has 2 aromatic heterocycles. The molecule has 2 heterocycles. The zero-order chi connectivity index (χ0) is 17.6. The van der Waals surface area contributed by atoms with Gasteiger partial charge in [-0.15, -0.1) is 23.7 Å². The van der Waals surface area contributed by atoms with Crippen LogP contribution in [0.1, 0.15) is 24.9 Å². The van der Waals surface area contributed by atoms with Gasteiger partial charge in [0, 0.05) is 27.9 Å². The molecule has 0 fully saturated rings. The number of fused-ring (bicyclic) bond motifs is 3. The molecule has 0 saturated heterocycles. The lowest BCUT2D eigenvalue weighted by molar-refractivity contribution is 0.478. The van der Waals surface area contributed by atoms with E-state index in [9.17, 15) is 9.90 Å². The fourth-order valence-electron chi connectivity index (χ4n) is 3.26. The molecule has 134 valence electrons. The summed E-state index contributed by atoms with van der Waals surface area (Å²) in [5.41, 5.74) is 9.41. The van der Waals surface area contributed by atoms with Gasteiger partial charge in [-0.2, -0.15) is 0 Å². The van der Waals surface area contributed by atoms with Crippen LogP contribution >= 0.6 is 23.7 Å². The highest BCUT2D eigenvalue weighted by molar-refractivity contribution is 7.17. The zero-order valence-corrected chi connectivity index (χ0v) is 15.8. The number of aromatic hydroxyl groups is 1. The van der Waals surface area contributed by atoms with Crippen molar-refractivity contribution in [3.05, 3.63) is 63.8 Å². The van der Waals surface area contributed by atoms with Gasteiger partial charge in [-0.25, -0.2) is 0 Å². The summed E-state index contributed by atoms with van der Waals surface area (Å²) in [6.45, 7) is 2.05. The Kier molecular flexibility index (Phi) is 5.05. The summed E-state index contributed by atoms with van der Waals surface area (Å²) in [5, 5.41) is 14.2. The molecule has 0 radical (unpaired) electrons. The normalized spacial score (nSPS) is 12.2. The van der Waals surface area contributed by atoms with Gasteiger partial charge in [0.15, 0.2) is 0 Å². The summed E-state index contributed by atoms with van der Waals surface area (Å²) in [6.07, 6.45) is 0.871. The predicted octanol–water partition coefficient (Wildman–Crippen LogP) is 4.95. The average Bonchev–Trinajstić information content (AvgIpc) is 3.12. The van der Waals surface area contributed by atoms with E-state index >= 15 is 0 Å². The van der Waals surface area contributed by atoms with E-state index in [2.05, 4.69) is 11.9 Å². The Hall–Kier alpha value is -2.34. The minimum Gasteiger partial charge on any atom is -0.507 e. The molecule has 4 nitrogen and oxygen atoms in total. The van der Waals surface area contributed by atoms with E-state index in [0.717, 1.165) is 39.4 Å². The third kappa shape index (κ3) is 2.88. The first-order valence-corrected chi connectivity index (χ1v) is 9.09. The van der Waals surface area contributed by atoms with Crippen LogP contribution < -0.4 is 11.3 Å². The molecule has 0 saturated carbocycles.